The Labute approximate surface area is 194 Å². The zero-order chi connectivity index (χ0) is 23.0. The number of carbonyl (C=O) groups excluding carboxylic acids is 2. The van der Waals surface area contributed by atoms with E-state index in [2.05, 4.69) is 32.1 Å². The first-order valence-corrected chi connectivity index (χ1v) is 10.5. The van der Waals surface area contributed by atoms with E-state index in [1.165, 1.54) is 20.3 Å². The van der Waals surface area contributed by atoms with Crippen LogP contribution < -0.4 is 30.4 Å². The molecule has 0 unspecified atom stereocenters. The van der Waals surface area contributed by atoms with Gasteiger partial charge in [-0.05, 0) is 54.5 Å². The summed E-state index contributed by atoms with van der Waals surface area (Å²) in [6.45, 7) is 4.49. The van der Waals surface area contributed by atoms with E-state index in [1.807, 2.05) is 13.8 Å². The van der Waals surface area contributed by atoms with Gasteiger partial charge in [-0.1, -0.05) is 29.8 Å². The van der Waals surface area contributed by atoms with Gasteiger partial charge in [0.2, 0.25) is 0 Å². The lowest BCUT2D eigenvalue weighted by atomic mass is 10.2. The topological polar surface area (TPSA) is 97.9 Å². The minimum absolute atomic E-state index is 0.0754. The highest BCUT2D eigenvalue weighted by Crippen LogP contribution is 2.27. The Kier molecular flexibility index (Phi) is 9.07. The van der Waals surface area contributed by atoms with Gasteiger partial charge in [0.1, 0.15) is 5.75 Å². The van der Waals surface area contributed by atoms with Crippen molar-refractivity contribution in [1.29, 1.82) is 0 Å². The monoisotopic (exact) mass is 509 g/mol. The molecule has 0 bridgehead atoms. The second kappa shape index (κ2) is 11.5. The van der Waals surface area contributed by atoms with E-state index < -0.39 is 11.8 Å². The average molecular weight is 510 g/mol. The largest absolute Gasteiger partial charge is 0.493 e. The van der Waals surface area contributed by atoms with Crippen LogP contribution in [0.15, 0.2) is 40.9 Å². The molecule has 0 aliphatic carbocycles. The molecule has 2 aromatic carbocycles. The van der Waals surface area contributed by atoms with Gasteiger partial charge in [0.25, 0.3) is 11.8 Å². The summed E-state index contributed by atoms with van der Waals surface area (Å²) in [5, 5.41) is 2.44. The van der Waals surface area contributed by atoms with Gasteiger partial charge in [-0.3, -0.25) is 25.8 Å². The van der Waals surface area contributed by atoms with Crippen molar-refractivity contribution in [3.63, 3.8) is 0 Å². The Bertz CT molecular complexity index is 968. The number of methoxy groups -OCH3 is 2. The highest BCUT2D eigenvalue weighted by Gasteiger charge is 2.16. The summed E-state index contributed by atoms with van der Waals surface area (Å²) >= 11 is 8.46. The first-order valence-electron chi connectivity index (χ1n) is 9.31. The number of nitrogens with one attached hydrogen (secondary N) is 3. The van der Waals surface area contributed by atoms with Crippen molar-refractivity contribution in [2.45, 2.75) is 13.8 Å². The van der Waals surface area contributed by atoms with Gasteiger partial charge in [-0.15, -0.1) is 0 Å². The maximum atomic E-state index is 12.7. The summed E-state index contributed by atoms with van der Waals surface area (Å²) in [6.07, 6.45) is 0. The fraction of sp³-hybridized carbons (Fsp3) is 0.286. The molecule has 0 aromatic heterocycles. The number of benzene rings is 2. The third-order valence-electron chi connectivity index (χ3n) is 3.92. The number of rotatable bonds is 7. The van der Waals surface area contributed by atoms with Crippen LogP contribution in [0, 0.1) is 5.92 Å². The van der Waals surface area contributed by atoms with E-state index in [0.29, 0.717) is 40.9 Å². The average Bonchev–Trinajstić information content (AvgIpc) is 2.75. The minimum atomic E-state index is -0.474. The first-order chi connectivity index (χ1) is 14.7. The predicted molar refractivity (Wildman–Crippen MR) is 125 cm³/mol. The van der Waals surface area contributed by atoms with Crippen LogP contribution in [0.25, 0.3) is 0 Å². The fourth-order valence-electron chi connectivity index (χ4n) is 2.43. The van der Waals surface area contributed by atoms with E-state index in [0.717, 1.165) is 4.47 Å². The third-order valence-corrected chi connectivity index (χ3v) is 4.62. The molecule has 0 atom stereocenters. The second-order valence-corrected chi connectivity index (χ2v) is 8.10. The lowest BCUT2D eigenvalue weighted by Gasteiger charge is -2.15. The molecule has 0 fully saturated rings. The third kappa shape index (κ3) is 7.11. The smallest absolute Gasteiger partial charge is 0.269 e. The van der Waals surface area contributed by atoms with Gasteiger partial charge in [0.05, 0.1) is 26.4 Å². The summed E-state index contributed by atoms with van der Waals surface area (Å²) in [7, 11) is 2.98. The standard InChI is InChI=1S/C21H24BrN3O5S/c1-12(2)11-30-16-8-6-14(22)10-15(16)20(27)23-21(31)25-24-19(26)13-5-7-17(28-3)18(9-13)29-4/h5-10,12H,11H2,1-4H3,(H,24,26)(H2,23,25,27,31). The number of hydrogen-bond donors (Lipinski definition) is 3. The first kappa shape index (κ1) is 24.4. The Morgan fingerprint density at radius 1 is 0.968 bits per heavy atom. The molecule has 10 heteroatoms. The zero-order valence-corrected chi connectivity index (χ0v) is 20.0. The Morgan fingerprint density at radius 2 is 1.65 bits per heavy atom. The van der Waals surface area contributed by atoms with Crippen molar-refractivity contribution >= 4 is 45.1 Å². The van der Waals surface area contributed by atoms with Crippen LogP contribution in [0.2, 0.25) is 0 Å². The maximum Gasteiger partial charge on any atom is 0.269 e. The van der Waals surface area contributed by atoms with Crippen LogP contribution in [-0.2, 0) is 0 Å². The van der Waals surface area contributed by atoms with Gasteiger partial charge >= 0.3 is 0 Å². The molecule has 8 nitrogen and oxygen atoms in total. The second-order valence-electron chi connectivity index (χ2n) is 6.78. The SMILES string of the molecule is COc1ccc(C(=O)NNC(=S)NC(=O)c2cc(Br)ccc2OCC(C)C)cc1OC. The molecule has 0 heterocycles. The number of hydrazine groups is 1. The lowest BCUT2D eigenvalue weighted by molar-refractivity contribution is 0.0933. The summed E-state index contributed by atoms with van der Waals surface area (Å²) in [5.41, 5.74) is 5.56. The Balaban J connectivity index is 1.99. The lowest BCUT2D eigenvalue weighted by Crippen LogP contribution is -2.48. The quantitative estimate of drug-likeness (QED) is 0.388. The van der Waals surface area contributed by atoms with E-state index in [9.17, 15) is 9.59 Å². The van der Waals surface area contributed by atoms with E-state index >= 15 is 0 Å². The predicted octanol–water partition coefficient (Wildman–Crippen LogP) is 3.45. The molecule has 0 saturated heterocycles. The molecule has 31 heavy (non-hydrogen) atoms. The summed E-state index contributed by atoms with van der Waals surface area (Å²) in [5.74, 6) is 0.702. The molecular weight excluding hydrogens is 486 g/mol. The molecule has 0 saturated carbocycles. The van der Waals surface area contributed by atoms with Gasteiger partial charge in [0.15, 0.2) is 16.6 Å². The number of carbonyl (C=O) groups is 2. The normalized spacial score (nSPS) is 10.3. The van der Waals surface area contributed by atoms with Crippen LogP contribution >= 0.6 is 28.1 Å². The fourth-order valence-corrected chi connectivity index (χ4v) is 2.93. The molecule has 3 N–H and O–H groups in total. The van der Waals surface area contributed by atoms with Gasteiger partial charge in [-0.25, -0.2) is 0 Å². The van der Waals surface area contributed by atoms with Gasteiger partial charge in [0, 0.05) is 10.0 Å². The van der Waals surface area contributed by atoms with Crippen molar-refractivity contribution in [2.75, 3.05) is 20.8 Å². The maximum absolute atomic E-state index is 12.7. The molecule has 2 amide bonds. The van der Waals surface area contributed by atoms with Crippen LogP contribution in [-0.4, -0.2) is 37.8 Å². The zero-order valence-electron chi connectivity index (χ0n) is 17.6. The Morgan fingerprint density at radius 3 is 2.29 bits per heavy atom. The van der Waals surface area contributed by atoms with Crippen LogP contribution in [0.5, 0.6) is 17.2 Å². The summed E-state index contributed by atoms with van der Waals surface area (Å²) < 4.78 is 16.8. The van der Waals surface area contributed by atoms with Crippen molar-refractivity contribution in [3.8, 4) is 17.2 Å². The minimum Gasteiger partial charge on any atom is -0.493 e. The summed E-state index contributed by atoms with van der Waals surface area (Å²) in [6, 6.07) is 9.83. The molecule has 166 valence electrons. The van der Waals surface area contributed by atoms with Crippen molar-refractivity contribution in [2.24, 2.45) is 5.92 Å². The van der Waals surface area contributed by atoms with Gasteiger partial charge in [-0.2, -0.15) is 0 Å². The number of ether oxygens (including phenoxy) is 3. The highest BCUT2D eigenvalue weighted by atomic mass is 79.9. The Hall–Kier alpha value is -2.85. The molecule has 0 radical (unpaired) electrons. The van der Waals surface area contributed by atoms with E-state index in [1.54, 1.807) is 30.3 Å². The van der Waals surface area contributed by atoms with Crippen molar-refractivity contribution in [3.05, 3.63) is 52.0 Å². The number of thiocarbonyl (C=S) groups is 1. The van der Waals surface area contributed by atoms with Gasteiger partial charge < -0.3 is 14.2 Å². The molecule has 2 aromatic rings. The highest BCUT2D eigenvalue weighted by molar-refractivity contribution is 9.10. The van der Waals surface area contributed by atoms with Crippen molar-refractivity contribution < 1.29 is 23.8 Å². The van der Waals surface area contributed by atoms with Crippen LogP contribution in [0.1, 0.15) is 34.6 Å². The van der Waals surface area contributed by atoms with Crippen LogP contribution in [0.4, 0.5) is 0 Å². The number of halogens is 1. The van der Waals surface area contributed by atoms with E-state index in [4.69, 9.17) is 26.4 Å². The molecule has 0 aliphatic rings. The number of hydrogen-bond acceptors (Lipinski definition) is 6. The molecular formula is C21H24BrN3O5S. The molecule has 2 rings (SSSR count). The summed E-state index contributed by atoms with van der Waals surface area (Å²) in [4.78, 5) is 25.0. The molecule has 0 spiro atoms. The van der Waals surface area contributed by atoms with Crippen molar-refractivity contribution in [1.82, 2.24) is 16.2 Å². The van der Waals surface area contributed by atoms with E-state index in [-0.39, 0.29) is 5.11 Å². The number of amides is 2. The molecule has 0 aliphatic heterocycles. The van der Waals surface area contributed by atoms with Crippen LogP contribution in [0.3, 0.4) is 0 Å².